The van der Waals surface area contributed by atoms with E-state index in [1.54, 1.807) is 0 Å². The van der Waals surface area contributed by atoms with E-state index in [0.29, 0.717) is 0 Å². The van der Waals surface area contributed by atoms with E-state index in [9.17, 15) is 0 Å². The summed E-state index contributed by atoms with van der Waals surface area (Å²) in [5.74, 6) is 3.01. The highest BCUT2D eigenvalue weighted by atomic mass is 14.2. The second kappa shape index (κ2) is 6.01. The topological polar surface area (TPSA) is 0 Å². The van der Waals surface area contributed by atoms with Gasteiger partial charge in [0.15, 0.2) is 0 Å². The molecule has 0 saturated carbocycles. The second-order valence-corrected chi connectivity index (χ2v) is 7.01. The lowest BCUT2D eigenvalue weighted by Crippen LogP contribution is -1.91. The summed E-state index contributed by atoms with van der Waals surface area (Å²) in [6.07, 6.45) is 6.07. The van der Waals surface area contributed by atoms with E-state index in [2.05, 4.69) is 97.8 Å². The predicted octanol–water partition coefficient (Wildman–Crippen LogP) is 7.10. The molecule has 27 heavy (non-hydrogen) atoms. The van der Waals surface area contributed by atoms with Gasteiger partial charge < -0.3 is 0 Å². The molecule has 0 amide bonds. The molecule has 0 spiro atoms. The van der Waals surface area contributed by atoms with E-state index in [1.165, 1.54) is 37.9 Å². The van der Waals surface area contributed by atoms with Crippen molar-refractivity contribution in [2.24, 2.45) is 0 Å². The number of terminal acetylenes is 1. The lowest BCUT2D eigenvalue weighted by atomic mass is 9.88. The van der Waals surface area contributed by atoms with Gasteiger partial charge in [-0.15, -0.1) is 6.42 Å². The molecule has 5 rings (SSSR count). The molecule has 0 fully saturated rings. The molecule has 0 aliphatic rings. The van der Waals surface area contributed by atoms with Crippen molar-refractivity contribution in [1.82, 2.24) is 0 Å². The molecule has 0 atom stereocenters. The fourth-order valence-electron chi connectivity index (χ4n) is 4.12. The van der Waals surface area contributed by atoms with Crippen molar-refractivity contribution in [3.8, 4) is 23.5 Å². The molecule has 0 heteroatoms. The molecule has 0 N–H and O–H groups in total. The van der Waals surface area contributed by atoms with Crippen LogP contribution in [0.1, 0.15) is 11.1 Å². The molecular weight excluding hydrogens is 324 g/mol. The number of rotatable bonds is 1. The fraction of sp³-hybridized carbons (Fsp3) is 0.0370. The van der Waals surface area contributed by atoms with Gasteiger partial charge >= 0.3 is 0 Å². The van der Waals surface area contributed by atoms with Crippen LogP contribution in [0.4, 0.5) is 0 Å². The summed E-state index contributed by atoms with van der Waals surface area (Å²) in [6.45, 7) is 2.10. The summed E-state index contributed by atoms with van der Waals surface area (Å²) < 4.78 is 0. The minimum Gasteiger partial charge on any atom is -0.115 e. The van der Waals surface area contributed by atoms with Crippen LogP contribution in [0.5, 0.6) is 0 Å². The first-order chi connectivity index (χ1) is 13.3. The molecule has 0 saturated heterocycles. The molecule has 0 aromatic heterocycles. The molecule has 0 aliphatic carbocycles. The van der Waals surface area contributed by atoms with Gasteiger partial charge in [0.1, 0.15) is 0 Å². The second-order valence-electron chi connectivity index (χ2n) is 7.01. The first-order valence-electron chi connectivity index (χ1n) is 9.18. The van der Waals surface area contributed by atoms with E-state index < -0.39 is 0 Å². The third-order valence-corrected chi connectivity index (χ3v) is 5.42. The molecular formula is C27H18. The first kappa shape index (κ1) is 15.7. The minimum absolute atomic E-state index is 0.971. The van der Waals surface area contributed by atoms with Gasteiger partial charge in [-0.3, -0.25) is 0 Å². The zero-order valence-corrected chi connectivity index (χ0v) is 15.2. The lowest BCUT2D eigenvalue weighted by molar-refractivity contribution is 1.47. The average Bonchev–Trinajstić information content (AvgIpc) is 2.73. The molecule has 0 nitrogen and oxygen atoms in total. The summed E-state index contributed by atoms with van der Waals surface area (Å²) in [5, 5.41) is 7.37. The van der Waals surface area contributed by atoms with Crippen molar-refractivity contribution >= 4 is 32.3 Å². The van der Waals surface area contributed by atoms with Crippen LogP contribution in [-0.4, -0.2) is 0 Å². The van der Waals surface area contributed by atoms with Crippen LogP contribution >= 0.6 is 0 Å². The van der Waals surface area contributed by atoms with Crippen LogP contribution < -0.4 is 0 Å². The SMILES string of the molecule is C#Cc1c(-c2ccc(C)cc2)ccc2c3ccccc3c3ccccc3c12. The van der Waals surface area contributed by atoms with Gasteiger partial charge in [-0.2, -0.15) is 0 Å². The van der Waals surface area contributed by atoms with Crippen molar-refractivity contribution < 1.29 is 0 Å². The minimum atomic E-state index is 0.971. The molecule has 0 unspecified atom stereocenters. The van der Waals surface area contributed by atoms with Crippen LogP contribution in [0.2, 0.25) is 0 Å². The normalized spacial score (nSPS) is 11.1. The average molecular weight is 342 g/mol. The van der Waals surface area contributed by atoms with Crippen LogP contribution in [0.25, 0.3) is 43.4 Å². The zero-order valence-electron chi connectivity index (χ0n) is 15.2. The molecule has 5 aromatic carbocycles. The van der Waals surface area contributed by atoms with Crippen molar-refractivity contribution in [2.75, 3.05) is 0 Å². The van der Waals surface area contributed by atoms with Crippen LogP contribution in [-0.2, 0) is 0 Å². The Hall–Kier alpha value is -3.56. The van der Waals surface area contributed by atoms with Crippen molar-refractivity contribution in [3.63, 3.8) is 0 Å². The Morgan fingerprint density at radius 1 is 0.593 bits per heavy atom. The highest BCUT2D eigenvalue weighted by Crippen LogP contribution is 2.39. The van der Waals surface area contributed by atoms with Gasteiger partial charge in [-0.25, -0.2) is 0 Å². The van der Waals surface area contributed by atoms with Crippen LogP contribution in [0, 0.1) is 19.3 Å². The van der Waals surface area contributed by atoms with Crippen molar-refractivity contribution in [1.29, 1.82) is 0 Å². The Morgan fingerprint density at radius 2 is 1.11 bits per heavy atom. The van der Waals surface area contributed by atoms with E-state index in [4.69, 9.17) is 6.42 Å². The van der Waals surface area contributed by atoms with Gasteiger partial charge in [0.05, 0.1) is 0 Å². The highest BCUT2D eigenvalue weighted by molar-refractivity contribution is 6.27. The van der Waals surface area contributed by atoms with E-state index in [-0.39, 0.29) is 0 Å². The Kier molecular flexibility index (Phi) is 3.49. The molecule has 0 aliphatic heterocycles. The van der Waals surface area contributed by atoms with Crippen LogP contribution in [0.3, 0.4) is 0 Å². The Labute approximate surface area is 159 Å². The lowest BCUT2D eigenvalue weighted by Gasteiger charge is -2.15. The van der Waals surface area contributed by atoms with Gasteiger partial charge in [0.25, 0.3) is 0 Å². The number of hydrogen-bond donors (Lipinski definition) is 0. The molecule has 126 valence electrons. The number of benzene rings is 5. The van der Waals surface area contributed by atoms with E-state index >= 15 is 0 Å². The van der Waals surface area contributed by atoms with Gasteiger partial charge in [-0.1, -0.05) is 96.4 Å². The monoisotopic (exact) mass is 342 g/mol. The van der Waals surface area contributed by atoms with E-state index in [1.807, 2.05) is 0 Å². The maximum absolute atomic E-state index is 6.07. The third kappa shape index (κ3) is 2.33. The Bertz CT molecular complexity index is 1330. The summed E-state index contributed by atoms with van der Waals surface area (Å²) in [7, 11) is 0. The van der Waals surface area contributed by atoms with E-state index in [0.717, 1.165) is 16.7 Å². The van der Waals surface area contributed by atoms with Crippen LogP contribution in [0.15, 0.2) is 84.9 Å². The summed E-state index contributed by atoms with van der Waals surface area (Å²) >= 11 is 0. The van der Waals surface area contributed by atoms with Gasteiger partial charge in [-0.05, 0) is 45.0 Å². The maximum atomic E-state index is 6.07. The molecule has 0 bridgehead atoms. The molecule has 0 heterocycles. The quantitative estimate of drug-likeness (QED) is 0.225. The largest absolute Gasteiger partial charge is 0.115 e. The van der Waals surface area contributed by atoms with Gasteiger partial charge in [0, 0.05) is 10.9 Å². The van der Waals surface area contributed by atoms with Crippen molar-refractivity contribution in [3.05, 3.63) is 96.1 Å². The summed E-state index contributed by atoms with van der Waals surface area (Å²) in [5.41, 5.74) is 4.50. The zero-order chi connectivity index (χ0) is 18.4. The summed E-state index contributed by atoms with van der Waals surface area (Å²) in [4.78, 5) is 0. The number of fused-ring (bicyclic) bond motifs is 6. The Balaban J connectivity index is 2.01. The van der Waals surface area contributed by atoms with Gasteiger partial charge in [0.2, 0.25) is 0 Å². The van der Waals surface area contributed by atoms with Crippen molar-refractivity contribution in [2.45, 2.75) is 6.92 Å². The highest BCUT2D eigenvalue weighted by Gasteiger charge is 2.14. The standard InChI is InChI=1S/C27H18/c1-3-20-21(19-14-12-18(2)13-15-19)16-17-26-24-10-5-4-8-22(24)23-9-6-7-11-25(23)27(20)26/h1,4-17H,2H3. The number of hydrogen-bond acceptors (Lipinski definition) is 0. The maximum Gasteiger partial charge on any atom is 0.0405 e. The smallest absolute Gasteiger partial charge is 0.0405 e. The molecule has 0 radical (unpaired) electrons. The fourth-order valence-corrected chi connectivity index (χ4v) is 4.12. The Morgan fingerprint density at radius 3 is 1.70 bits per heavy atom. The number of aryl methyl sites for hydroxylation is 1. The predicted molar refractivity (Wildman–Crippen MR) is 117 cm³/mol. The summed E-state index contributed by atoms with van der Waals surface area (Å²) in [6, 6.07) is 30.1. The first-order valence-corrected chi connectivity index (χ1v) is 9.18. The third-order valence-electron chi connectivity index (χ3n) is 5.42. The molecule has 5 aromatic rings.